The molecule has 1 aromatic carbocycles. The van der Waals surface area contributed by atoms with Gasteiger partial charge in [-0.3, -0.25) is 0 Å². The molecule has 1 aliphatic carbocycles. The van der Waals surface area contributed by atoms with Crippen molar-refractivity contribution in [3.63, 3.8) is 0 Å². The number of rotatable bonds is 3. The van der Waals surface area contributed by atoms with Gasteiger partial charge in [0.2, 0.25) is 0 Å². The van der Waals surface area contributed by atoms with E-state index < -0.39 is 5.60 Å². The van der Waals surface area contributed by atoms with E-state index in [1.807, 2.05) is 39.0 Å². The van der Waals surface area contributed by atoms with Crippen LogP contribution in [0.15, 0.2) is 18.2 Å². The van der Waals surface area contributed by atoms with Gasteiger partial charge in [0.05, 0.1) is 15.7 Å². The SMILES string of the molecule is CC(C)(C)OC(=O)NC1CCCC(Nc2c(Cl)cccc2Cl)C1. The predicted molar refractivity (Wildman–Crippen MR) is 95.5 cm³/mol. The smallest absolute Gasteiger partial charge is 0.407 e. The number of anilines is 1. The summed E-state index contributed by atoms with van der Waals surface area (Å²) < 4.78 is 5.32. The molecular formula is C17H24Cl2N2O2. The minimum Gasteiger partial charge on any atom is -0.444 e. The fraction of sp³-hybridized carbons (Fsp3) is 0.588. The first-order valence-electron chi connectivity index (χ1n) is 7.94. The molecule has 1 aromatic rings. The summed E-state index contributed by atoms with van der Waals surface area (Å²) in [5.74, 6) is 0. The molecule has 1 aliphatic rings. The van der Waals surface area contributed by atoms with Crippen LogP contribution in [0, 0.1) is 0 Å². The molecule has 2 N–H and O–H groups in total. The number of halogens is 2. The number of ether oxygens (including phenoxy) is 1. The van der Waals surface area contributed by atoms with Crippen molar-refractivity contribution in [3.05, 3.63) is 28.2 Å². The lowest BCUT2D eigenvalue weighted by Crippen LogP contribution is -2.43. The van der Waals surface area contributed by atoms with Crippen molar-refractivity contribution in [2.75, 3.05) is 5.32 Å². The summed E-state index contributed by atoms with van der Waals surface area (Å²) in [6.45, 7) is 5.58. The lowest BCUT2D eigenvalue weighted by Gasteiger charge is -2.32. The molecule has 1 fully saturated rings. The van der Waals surface area contributed by atoms with Crippen LogP contribution in [0.3, 0.4) is 0 Å². The van der Waals surface area contributed by atoms with Crippen molar-refractivity contribution in [2.45, 2.75) is 64.1 Å². The topological polar surface area (TPSA) is 50.4 Å². The molecule has 128 valence electrons. The number of hydrogen-bond acceptors (Lipinski definition) is 3. The van der Waals surface area contributed by atoms with Crippen LogP contribution in [0.1, 0.15) is 46.5 Å². The molecule has 0 aromatic heterocycles. The zero-order valence-corrected chi connectivity index (χ0v) is 15.3. The fourth-order valence-electron chi connectivity index (χ4n) is 2.77. The van der Waals surface area contributed by atoms with Gasteiger partial charge in [-0.25, -0.2) is 4.79 Å². The van der Waals surface area contributed by atoms with E-state index in [0.29, 0.717) is 10.0 Å². The molecule has 0 aliphatic heterocycles. The Morgan fingerprint density at radius 1 is 1.17 bits per heavy atom. The maximum Gasteiger partial charge on any atom is 0.407 e. The minimum absolute atomic E-state index is 0.0948. The Balaban J connectivity index is 1.92. The largest absolute Gasteiger partial charge is 0.444 e. The van der Waals surface area contributed by atoms with Crippen LogP contribution in [-0.4, -0.2) is 23.8 Å². The van der Waals surface area contributed by atoms with Crippen LogP contribution in [0.5, 0.6) is 0 Å². The van der Waals surface area contributed by atoms with Gasteiger partial charge in [-0.1, -0.05) is 29.3 Å². The molecule has 23 heavy (non-hydrogen) atoms. The lowest BCUT2D eigenvalue weighted by molar-refractivity contribution is 0.0492. The van der Waals surface area contributed by atoms with E-state index in [1.54, 1.807) is 0 Å². The highest BCUT2D eigenvalue weighted by atomic mass is 35.5. The van der Waals surface area contributed by atoms with E-state index in [9.17, 15) is 4.79 Å². The van der Waals surface area contributed by atoms with Gasteiger partial charge in [-0.15, -0.1) is 0 Å². The number of para-hydroxylation sites is 1. The molecular weight excluding hydrogens is 335 g/mol. The van der Waals surface area contributed by atoms with Crippen molar-refractivity contribution in [2.24, 2.45) is 0 Å². The molecule has 2 unspecified atom stereocenters. The highest BCUT2D eigenvalue weighted by Crippen LogP contribution is 2.32. The lowest BCUT2D eigenvalue weighted by atomic mass is 9.91. The van der Waals surface area contributed by atoms with E-state index in [0.717, 1.165) is 31.4 Å². The van der Waals surface area contributed by atoms with Crippen molar-refractivity contribution >= 4 is 35.0 Å². The van der Waals surface area contributed by atoms with Gasteiger partial charge in [-0.05, 0) is 58.6 Å². The summed E-state index contributed by atoms with van der Waals surface area (Å²) in [6.07, 6.45) is 3.46. The van der Waals surface area contributed by atoms with Crippen LogP contribution >= 0.6 is 23.2 Å². The van der Waals surface area contributed by atoms with Gasteiger partial charge in [0.15, 0.2) is 0 Å². The second-order valence-electron chi connectivity index (χ2n) is 6.95. The zero-order valence-electron chi connectivity index (χ0n) is 13.8. The van der Waals surface area contributed by atoms with Gasteiger partial charge >= 0.3 is 6.09 Å². The number of carbonyl (C=O) groups is 1. The second-order valence-corrected chi connectivity index (χ2v) is 7.76. The zero-order chi connectivity index (χ0) is 17.0. The number of alkyl carbamates (subject to hydrolysis) is 1. The number of amides is 1. The van der Waals surface area contributed by atoms with Crippen molar-refractivity contribution in [3.8, 4) is 0 Å². The van der Waals surface area contributed by atoms with E-state index in [1.165, 1.54) is 0 Å². The highest BCUT2D eigenvalue weighted by Gasteiger charge is 2.26. The molecule has 4 nitrogen and oxygen atoms in total. The first kappa shape index (κ1) is 18.2. The maximum atomic E-state index is 11.9. The molecule has 2 atom stereocenters. The summed E-state index contributed by atoms with van der Waals surface area (Å²) >= 11 is 12.4. The Morgan fingerprint density at radius 2 is 1.78 bits per heavy atom. The minimum atomic E-state index is -0.485. The fourth-order valence-corrected chi connectivity index (χ4v) is 3.27. The molecule has 1 saturated carbocycles. The van der Waals surface area contributed by atoms with Crippen LogP contribution in [0.25, 0.3) is 0 Å². The van der Waals surface area contributed by atoms with Crippen molar-refractivity contribution in [1.29, 1.82) is 0 Å². The maximum absolute atomic E-state index is 11.9. The average molecular weight is 359 g/mol. The van der Waals surface area contributed by atoms with E-state index in [-0.39, 0.29) is 18.2 Å². The van der Waals surface area contributed by atoms with Crippen molar-refractivity contribution < 1.29 is 9.53 Å². The summed E-state index contributed by atoms with van der Waals surface area (Å²) in [4.78, 5) is 11.9. The third-order valence-corrected chi connectivity index (χ3v) is 4.34. The summed E-state index contributed by atoms with van der Waals surface area (Å²) in [5.41, 5.74) is 0.278. The molecule has 0 bridgehead atoms. The normalized spacial score (nSPS) is 21.6. The molecule has 2 rings (SSSR count). The third kappa shape index (κ3) is 5.78. The van der Waals surface area contributed by atoms with E-state index in [4.69, 9.17) is 27.9 Å². The monoisotopic (exact) mass is 358 g/mol. The quantitative estimate of drug-likeness (QED) is 0.776. The number of benzene rings is 1. The van der Waals surface area contributed by atoms with Gasteiger partial charge in [0.25, 0.3) is 0 Å². The Morgan fingerprint density at radius 3 is 2.39 bits per heavy atom. The molecule has 0 spiro atoms. The summed E-state index contributed by atoms with van der Waals surface area (Å²) in [7, 11) is 0. The van der Waals surface area contributed by atoms with Gasteiger partial charge in [0, 0.05) is 12.1 Å². The standard InChI is InChI=1S/C17H24Cl2N2O2/c1-17(2,3)23-16(22)21-12-7-4-6-11(10-12)20-15-13(18)8-5-9-14(15)19/h5,8-9,11-12,20H,4,6-7,10H2,1-3H3,(H,21,22). The first-order chi connectivity index (χ1) is 10.7. The van der Waals surface area contributed by atoms with Crippen LogP contribution in [0.4, 0.5) is 10.5 Å². The van der Waals surface area contributed by atoms with Crippen LogP contribution < -0.4 is 10.6 Å². The molecule has 0 radical (unpaired) electrons. The van der Waals surface area contributed by atoms with Gasteiger partial charge < -0.3 is 15.4 Å². The van der Waals surface area contributed by atoms with Gasteiger partial charge in [0.1, 0.15) is 5.60 Å². The van der Waals surface area contributed by atoms with Crippen LogP contribution in [-0.2, 0) is 4.74 Å². The molecule has 1 amide bonds. The van der Waals surface area contributed by atoms with E-state index in [2.05, 4.69) is 10.6 Å². The number of nitrogens with one attached hydrogen (secondary N) is 2. The third-order valence-electron chi connectivity index (χ3n) is 3.71. The Kier molecular flexibility index (Phi) is 6.04. The Hall–Kier alpha value is -1.13. The highest BCUT2D eigenvalue weighted by molar-refractivity contribution is 6.39. The predicted octanol–water partition coefficient (Wildman–Crippen LogP) is 5.24. The molecule has 0 heterocycles. The molecule has 6 heteroatoms. The molecule has 0 saturated heterocycles. The van der Waals surface area contributed by atoms with Crippen molar-refractivity contribution in [1.82, 2.24) is 5.32 Å². The van der Waals surface area contributed by atoms with Crippen LogP contribution in [0.2, 0.25) is 10.0 Å². The number of carbonyl (C=O) groups excluding carboxylic acids is 1. The first-order valence-corrected chi connectivity index (χ1v) is 8.70. The van der Waals surface area contributed by atoms with Gasteiger partial charge in [-0.2, -0.15) is 0 Å². The Bertz CT molecular complexity index is 538. The second kappa shape index (κ2) is 7.63. The average Bonchev–Trinajstić information content (AvgIpc) is 2.41. The van der Waals surface area contributed by atoms with E-state index >= 15 is 0 Å². The summed E-state index contributed by atoms with van der Waals surface area (Å²) in [6, 6.07) is 5.77. The Labute approximate surface area is 147 Å². The summed E-state index contributed by atoms with van der Waals surface area (Å²) in [5, 5.41) is 7.59. The number of hydrogen-bond donors (Lipinski definition) is 2.